The van der Waals surface area contributed by atoms with Gasteiger partial charge in [-0.2, -0.15) is 0 Å². The van der Waals surface area contributed by atoms with Crippen LogP contribution >= 0.6 is 0 Å². The quantitative estimate of drug-likeness (QED) is 0.111. The number of rotatable bonds is 5. The first kappa shape index (κ1) is 25.3. The van der Waals surface area contributed by atoms with E-state index in [4.69, 9.17) is 0 Å². The second-order valence-corrected chi connectivity index (χ2v) is 8.38. The minimum absolute atomic E-state index is 0.0158. The summed E-state index contributed by atoms with van der Waals surface area (Å²) in [6.07, 6.45) is 3.65. The van der Waals surface area contributed by atoms with E-state index in [1.807, 2.05) is 0 Å². The van der Waals surface area contributed by atoms with Crippen molar-refractivity contribution in [3.05, 3.63) is 106 Å². The zero-order valence-corrected chi connectivity index (χ0v) is 19.1. The van der Waals surface area contributed by atoms with Crippen LogP contribution in [-0.2, 0) is 6.42 Å². The number of fused-ring (bicyclic) bond motifs is 1. The Morgan fingerprint density at radius 3 is 2.03 bits per heavy atom. The first-order chi connectivity index (χ1) is 17.2. The zero-order chi connectivity index (χ0) is 26.0. The summed E-state index contributed by atoms with van der Waals surface area (Å²) >= 11 is 0. The van der Waals surface area contributed by atoms with Crippen LogP contribution in [0.3, 0.4) is 0 Å². The molecule has 0 saturated heterocycles. The van der Waals surface area contributed by atoms with E-state index in [9.17, 15) is 30.7 Å². The number of aryl methyl sites for hydroxylation is 1. The molecule has 4 rings (SSSR count). The molecule has 0 heterocycles. The Morgan fingerprint density at radius 1 is 0.639 bits per heavy atom. The van der Waals surface area contributed by atoms with Crippen LogP contribution in [0.5, 0.6) is 0 Å². The molecule has 0 aromatic heterocycles. The van der Waals surface area contributed by atoms with E-state index in [-0.39, 0.29) is 22.1 Å². The summed E-state index contributed by atoms with van der Waals surface area (Å²) in [6, 6.07) is 8.82. The Morgan fingerprint density at radius 2 is 1.36 bits per heavy atom. The summed E-state index contributed by atoms with van der Waals surface area (Å²) < 4.78 is 99.2. The Bertz CT molecular complexity index is 1500. The van der Waals surface area contributed by atoms with Gasteiger partial charge >= 0.3 is 0 Å². The first-order valence-corrected chi connectivity index (χ1v) is 11.3. The molecule has 0 aliphatic carbocycles. The van der Waals surface area contributed by atoms with Crippen molar-refractivity contribution < 1.29 is 30.7 Å². The fraction of sp³-hybridized carbons (Fsp3) is 0.172. The van der Waals surface area contributed by atoms with Gasteiger partial charge in [0.15, 0.2) is 17.5 Å². The van der Waals surface area contributed by atoms with Crippen LogP contribution in [0.4, 0.5) is 30.7 Å². The van der Waals surface area contributed by atoms with Gasteiger partial charge in [-0.1, -0.05) is 43.7 Å². The second kappa shape index (κ2) is 10.4. The standard InChI is InChI=1S/C29H19F7/c1-2-3-4-5-16-6-8-20(22(30)11-16)18-13-23(31)21(24(32)14-18)9-7-17-10-19-15-26(34)28(35)29(36)27(19)25(33)12-17/h6,8,10-15H,2-5H2,1H3. The molecule has 0 spiro atoms. The molecule has 0 aliphatic rings. The highest BCUT2D eigenvalue weighted by molar-refractivity contribution is 5.85. The Kier molecular flexibility index (Phi) is 7.35. The average molecular weight is 500 g/mol. The Hall–Kier alpha value is -3.79. The van der Waals surface area contributed by atoms with Crippen LogP contribution in [0.2, 0.25) is 0 Å². The zero-order valence-electron chi connectivity index (χ0n) is 19.1. The van der Waals surface area contributed by atoms with Crippen molar-refractivity contribution in [2.75, 3.05) is 0 Å². The van der Waals surface area contributed by atoms with Gasteiger partial charge in [0, 0.05) is 11.1 Å². The highest BCUT2D eigenvalue weighted by atomic mass is 19.2. The maximum absolute atomic E-state index is 14.7. The molecule has 0 saturated carbocycles. The number of hydrogen-bond donors (Lipinski definition) is 0. The average Bonchev–Trinajstić information content (AvgIpc) is 2.82. The Balaban J connectivity index is 1.66. The largest absolute Gasteiger partial charge is 0.206 e. The fourth-order valence-corrected chi connectivity index (χ4v) is 3.97. The van der Waals surface area contributed by atoms with Gasteiger partial charge in [-0.05, 0) is 65.8 Å². The van der Waals surface area contributed by atoms with Crippen LogP contribution < -0.4 is 0 Å². The lowest BCUT2D eigenvalue weighted by molar-refractivity contribution is 0.451. The monoisotopic (exact) mass is 500 g/mol. The third kappa shape index (κ3) is 5.08. The van der Waals surface area contributed by atoms with Crippen molar-refractivity contribution in [3.8, 4) is 23.0 Å². The molecule has 0 amide bonds. The lowest BCUT2D eigenvalue weighted by Crippen LogP contribution is -1.96. The molecule has 0 unspecified atom stereocenters. The maximum atomic E-state index is 14.7. The van der Waals surface area contributed by atoms with Gasteiger partial charge in [0.25, 0.3) is 0 Å². The molecule has 0 bridgehead atoms. The van der Waals surface area contributed by atoms with Gasteiger partial charge in [-0.3, -0.25) is 0 Å². The third-order valence-corrected chi connectivity index (χ3v) is 5.81. The molecule has 4 aromatic rings. The molecule has 0 nitrogen and oxygen atoms in total. The number of benzene rings is 4. The molecule has 184 valence electrons. The molecule has 0 atom stereocenters. The predicted octanol–water partition coefficient (Wildman–Crippen LogP) is 8.61. The molecule has 0 fully saturated rings. The summed E-state index contributed by atoms with van der Waals surface area (Å²) in [5.41, 5.74) is 0.0147. The lowest BCUT2D eigenvalue weighted by Gasteiger charge is -2.08. The van der Waals surface area contributed by atoms with Crippen molar-refractivity contribution in [3.63, 3.8) is 0 Å². The Labute approximate surface area is 203 Å². The molecular formula is C29H19F7. The van der Waals surface area contributed by atoms with E-state index in [1.54, 1.807) is 6.07 Å². The highest BCUT2D eigenvalue weighted by Crippen LogP contribution is 2.29. The van der Waals surface area contributed by atoms with Crippen molar-refractivity contribution in [1.29, 1.82) is 0 Å². The summed E-state index contributed by atoms with van der Waals surface area (Å²) in [4.78, 5) is 0. The van der Waals surface area contributed by atoms with Gasteiger partial charge in [-0.25, -0.2) is 30.7 Å². The van der Waals surface area contributed by atoms with Crippen LogP contribution in [-0.4, -0.2) is 0 Å². The van der Waals surface area contributed by atoms with E-state index in [1.165, 1.54) is 12.1 Å². The van der Waals surface area contributed by atoms with E-state index in [2.05, 4.69) is 18.8 Å². The fourth-order valence-electron chi connectivity index (χ4n) is 3.97. The normalized spacial score (nSPS) is 11.0. The number of hydrogen-bond acceptors (Lipinski definition) is 0. The second-order valence-electron chi connectivity index (χ2n) is 8.38. The maximum Gasteiger partial charge on any atom is 0.195 e. The molecule has 7 heteroatoms. The minimum atomic E-state index is -1.81. The van der Waals surface area contributed by atoms with Gasteiger partial charge in [-0.15, -0.1) is 0 Å². The van der Waals surface area contributed by atoms with Crippen molar-refractivity contribution in [2.45, 2.75) is 32.6 Å². The molecule has 0 aliphatic heterocycles. The summed E-state index contributed by atoms with van der Waals surface area (Å²) in [6.45, 7) is 2.06. The van der Waals surface area contributed by atoms with Gasteiger partial charge in [0.2, 0.25) is 0 Å². The lowest BCUT2D eigenvalue weighted by atomic mass is 9.99. The van der Waals surface area contributed by atoms with E-state index in [0.717, 1.165) is 49.1 Å². The minimum Gasteiger partial charge on any atom is -0.206 e. The van der Waals surface area contributed by atoms with Gasteiger partial charge < -0.3 is 0 Å². The van der Waals surface area contributed by atoms with Crippen LogP contribution in [0.25, 0.3) is 21.9 Å². The predicted molar refractivity (Wildman–Crippen MR) is 125 cm³/mol. The third-order valence-electron chi connectivity index (χ3n) is 5.81. The van der Waals surface area contributed by atoms with E-state index < -0.39 is 51.7 Å². The molecule has 0 N–H and O–H groups in total. The molecule has 36 heavy (non-hydrogen) atoms. The smallest absolute Gasteiger partial charge is 0.195 e. The number of halogens is 7. The molecular weight excluding hydrogens is 481 g/mol. The highest BCUT2D eigenvalue weighted by Gasteiger charge is 2.18. The SMILES string of the molecule is CCCCCc1ccc(-c2cc(F)c(C#Cc3cc(F)c4c(F)c(F)c(F)cc4c3)c(F)c2)c(F)c1. The summed E-state index contributed by atoms with van der Waals surface area (Å²) in [5.74, 6) is -4.37. The van der Waals surface area contributed by atoms with Crippen molar-refractivity contribution in [1.82, 2.24) is 0 Å². The molecule has 4 aromatic carbocycles. The summed E-state index contributed by atoms with van der Waals surface area (Å²) in [5, 5.41) is -1.07. The summed E-state index contributed by atoms with van der Waals surface area (Å²) in [7, 11) is 0. The van der Waals surface area contributed by atoms with E-state index in [0.29, 0.717) is 12.5 Å². The molecule has 0 radical (unpaired) electrons. The number of unbranched alkanes of at least 4 members (excludes halogenated alkanes) is 2. The van der Waals surface area contributed by atoms with Crippen molar-refractivity contribution in [2.24, 2.45) is 0 Å². The van der Waals surface area contributed by atoms with Crippen LogP contribution in [0.1, 0.15) is 42.9 Å². The van der Waals surface area contributed by atoms with E-state index >= 15 is 0 Å². The van der Waals surface area contributed by atoms with Gasteiger partial charge in [0.05, 0.1) is 10.9 Å². The van der Waals surface area contributed by atoms with Crippen molar-refractivity contribution >= 4 is 10.8 Å². The van der Waals surface area contributed by atoms with Crippen LogP contribution in [0.15, 0.2) is 48.5 Å². The van der Waals surface area contributed by atoms with Gasteiger partial charge in [0.1, 0.15) is 23.3 Å². The topological polar surface area (TPSA) is 0 Å². The first-order valence-electron chi connectivity index (χ1n) is 11.3. The van der Waals surface area contributed by atoms with Crippen LogP contribution in [0, 0.1) is 52.6 Å².